The number of nitriles is 1. The molecule has 1 aromatic heterocycles. The summed E-state index contributed by atoms with van der Waals surface area (Å²) in [5.74, 6) is 0.759. The molecule has 0 atom stereocenters. The van der Waals surface area contributed by atoms with Crippen molar-refractivity contribution in [2.45, 2.75) is 20.3 Å². The van der Waals surface area contributed by atoms with Gasteiger partial charge in [0.1, 0.15) is 28.9 Å². The largest absolute Gasteiger partial charge is 0.492 e. The molecule has 1 amide bonds. The summed E-state index contributed by atoms with van der Waals surface area (Å²) in [7, 11) is 0. The Morgan fingerprint density at radius 1 is 1.08 bits per heavy atom. The van der Waals surface area contributed by atoms with Crippen LogP contribution in [0.15, 0.2) is 66.9 Å². The monoisotopic (exact) mass is 515 g/mol. The number of esters is 1. The Kier molecular flexibility index (Phi) is 7.86. The van der Waals surface area contributed by atoms with Gasteiger partial charge >= 0.3 is 5.97 Å². The minimum absolute atomic E-state index is 0.0318. The summed E-state index contributed by atoms with van der Waals surface area (Å²) in [4.78, 5) is 28.4. The molecule has 8 nitrogen and oxygen atoms in total. The van der Waals surface area contributed by atoms with Crippen LogP contribution in [-0.2, 0) is 16.0 Å². The quantitative estimate of drug-likeness (QED) is 0.224. The van der Waals surface area contributed by atoms with Crippen molar-refractivity contribution in [3.8, 4) is 29.1 Å². The fourth-order valence-corrected chi connectivity index (χ4v) is 3.85. The molecule has 0 fully saturated rings. The van der Waals surface area contributed by atoms with E-state index in [4.69, 9.17) is 25.8 Å². The molecule has 0 aliphatic rings. The highest BCUT2D eigenvalue weighted by atomic mass is 35.5. The molecule has 0 saturated carbocycles. The zero-order valence-electron chi connectivity index (χ0n) is 20.1. The maximum atomic E-state index is 12.3. The summed E-state index contributed by atoms with van der Waals surface area (Å²) < 4.78 is 17.1. The zero-order chi connectivity index (χ0) is 26.4. The molecule has 37 heavy (non-hydrogen) atoms. The highest BCUT2D eigenvalue weighted by Gasteiger charge is 2.17. The number of hydrogen-bond donors (Lipinski definition) is 1. The summed E-state index contributed by atoms with van der Waals surface area (Å²) in [5.41, 5.74) is 1.69. The molecule has 186 valence electrons. The van der Waals surface area contributed by atoms with Crippen molar-refractivity contribution in [1.82, 2.24) is 4.98 Å². The van der Waals surface area contributed by atoms with Crippen LogP contribution in [0.5, 0.6) is 23.0 Å². The van der Waals surface area contributed by atoms with Crippen LogP contribution in [0.1, 0.15) is 25.0 Å². The fourth-order valence-electron chi connectivity index (χ4n) is 3.61. The number of aromatic nitrogens is 1. The first-order valence-corrected chi connectivity index (χ1v) is 11.7. The number of carbonyl (C=O) groups excluding carboxylic acids is 2. The van der Waals surface area contributed by atoms with E-state index in [2.05, 4.69) is 16.4 Å². The number of pyridine rings is 1. The van der Waals surface area contributed by atoms with Gasteiger partial charge in [-0.3, -0.25) is 14.6 Å². The SMILES string of the molecule is CCOc1cc2ncc(C#N)c(Oc3ccc(CC(=O)Oc4ccccc4)c(Cl)c3)c2cc1NC(C)=O. The van der Waals surface area contributed by atoms with Crippen LogP contribution < -0.4 is 19.5 Å². The van der Waals surface area contributed by atoms with Crippen molar-refractivity contribution in [3.63, 3.8) is 0 Å². The lowest BCUT2D eigenvalue weighted by molar-refractivity contribution is -0.133. The van der Waals surface area contributed by atoms with Crippen LogP contribution in [0, 0.1) is 11.3 Å². The lowest BCUT2D eigenvalue weighted by atomic mass is 10.1. The number of ether oxygens (including phenoxy) is 3. The van der Waals surface area contributed by atoms with Gasteiger partial charge in [-0.1, -0.05) is 35.9 Å². The zero-order valence-corrected chi connectivity index (χ0v) is 20.8. The van der Waals surface area contributed by atoms with Crippen molar-refractivity contribution in [2.75, 3.05) is 11.9 Å². The number of nitrogens with zero attached hydrogens (tertiary/aromatic N) is 2. The topological polar surface area (TPSA) is 111 Å². The Labute approximate surface area is 218 Å². The van der Waals surface area contributed by atoms with E-state index in [-0.39, 0.29) is 23.6 Å². The van der Waals surface area contributed by atoms with Crippen LogP contribution in [0.3, 0.4) is 0 Å². The molecular weight excluding hydrogens is 494 g/mol. The molecule has 1 heterocycles. The van der Waals surface area contributed by atoms with Gasteiger partial charge in [-0.15, -0.1) is 0 Å². The van der Waals surface area contributed by atoms with E-state index < -0.39 is 5.97 Å². The van der Waals surface area contributed by atoms with Crippen LogP contribution in [-0.4, -0.2) is 23.5 Å². The van der Waals surface area contributed by atoms with Crippen molar-refractivity contribution < 1.29 is 23.8 Å². The standard InChI is InChI=1S/C28H22ClN3O5/c1-3-35-26-14-24-22(13-25(26)32-17(2)33)28(19(15-30)16-31-24)37-21-10-9-18(23(29)12-21)11-27(34)36-20-7-5-4-6-8-20/h4-10,12-14,16H,3,11H2,1-2H3,(H,32,33). The van der Waals surface area contributed by atoms with Gasteiger partial charge in [-0.2, -0.15) is 5.26 Å². The molecule has 0 aliphatic carbocycles. The van der Waals surface area contributed by atoms with E-state index in [9.17, 15) is 14.9 Å². The van der Waals surface area contributed by atoms with Gasteiger partial charge < -0.3 is 19.5 Å². The number of hydrogen-bond acceptors (Lipinski definition) is 7. The number of para-hydroxylation sites is 1. The summed E-state index contributed by atoms with van der Waals surface area (Å²) in [6, 6.07) is 19.0. The summed E-state index contributed by atoms with van der Waals surface area (Å²) in [5, 5.41) is 13.2. The lowest BCUT2D eigenvalue weighted by Gasteiger charge is -2.15. The van der Waals surface area contributed by atoms with Gasteiger partial charge in [0.15, 0.2) is 5.75 Å². The third-order valence-electron chi connectivity index (χ3n) is 5.21. The molecule has 0 unspecified atom stereocenters. The number of halogens is 1. The predicted octanol–water partition coefficient (Wildman–Crippen LogP) is 6.06. The molecule has 1 N–H and O–H groups in total. The van der Waals surface area contributed by atoms with E-state index in [1.54, 1.807) is 54.6 Å². The number of nitrogens with one attached hydrogen (secondary N) is 1. The minimum Gasteiger partial charge on any atom is -0.492 e. The smallest absolute Gasteiger partial charge is 0.315 e. The van der Waals surface area contributed by atoms with E-state index in [0.29, 0.717) is 51.0 Å². The maximum Gasteiger partial charge on any atom is 0.315 e. The van der Waals surface area contributed by atoms with Crippen molar-refractivity contribution in [1.29, 1.82) is 5.26 Å². The van der Waals surface area contributed by atoms with Gasteiger partial charge in [0.2, 0.25) is 5.91 Å². The average Bonchev–Trinajstić information content (AvgIpc) is 2.87. The third kappa shape index (κ3) is 6.15. The Morgan fingerprint density at radius 3 is 2.54 bits per heavy atom. The molecule has 0 aliphatic heterocycles. The van der Waals surface area contributed by atoms with Crippen LogP contribution in [0.4, 0.5) is 5.69 Å². The highest BCUT2D eigenvalue weighted by molar-refractivity contribution is 6.31. The van der Waals surface area contributed by atoms with Crippen molar-refractivity contribution in [2.24, 2.45) is 0 Å². The number of amides is 1. The second kappa shape index (κ2) is 11.4. The number of benzene rings is 3. The number of anilines is 1. The fraction of sp³-hybridized carbons (Fsp3) is 0.143. The molecule has 3 aromatic carbocycles. The molecule has 9 heteroatoms. The third-order valence-corrected chi connectivity index (χ3v) is 5.56. The predicted molar refractivity (Wildman–Crippen MR) is 139 cm³/mol. The Hall–Kier alpha value is -4.61. The van der Waals surface area contributed by atoms with Crippen molar-refractivity contribution in [3.05, 3.63) is 83.0 Å². The molecular formula is C28H22ClN3O5. The van der Waals surface area contributed by atoms with E-state index in [1.807, 2.05) is 13.0 Å². The van der Waals surface area contributed by atoms with Gasteiger partial charge in [-0.05, 0) is 42.8 Å². The minimum atomic E-state index is -0.454. The van der Waals surface area contributed by atoms with E-state index >= 15 is 0 Å². The molecule has 0 radical (unpaired) electrons. The first kappa shape index (κ1) is 25.5. The van der Waals surface area contributed by atoms with Gasteiger partial charge in [-0.25, -0.2) is 0 Å². The van der Waals surface area contributed by atoms with Gasteiger partial charge in [0.25, 0.3) is 0 Å². The number of rotatable bonds is 8. The highest BCUT2D eigenvalue weighted by Crippen LogP contribution is 2.38. The lowest BCUT2D eigenvalue weighted by Crippen LogP contribution is -2.11. The summed E-state index contributed by atoms with van der Waals surface area (Å²) in [6.07, 6.45) is 1.37. The Bertz CT molecular complexity index is 1520. The van der Waals surface area contributed by atoms with Gasteiger partial charge in [0, 0.05) is 29.6 Å². The van der Waals surface area contributed by atoms with Crippen LogP contribution in [0.25, 0.3) is 10.9 Å². The molecule has 4 aromatic rings. The summed E-state index contributed by atoms with van der Waals surface area (Å²) >= 11 is 6.44. The van der Waals surface area contributed by atoms with Crippen LogP contribution >= 0.6 is 11.6 Å². The number of fused-ring (bicyclic) bond motifs is 1. The Balaban J connectivity index is 1.64. The van der Waals surface area contributed by atoms with Crippen LogP contribution in [0.2, 0.25) is 5.02 Å². The maximum absolute atomic E-state index is 12.3. The number of carbonyl (C=O) groups is 2. The van der Waals surface area contributed by atoms with E-state index in [1.165, 1.54) is 13.1 Å². The second-order valence-corrected chi connectivity index (χ2v) is 8.32. The summed E-state index contributed by atoms with van der Waals surface area (Å²) in [6.45, 7) is 3.61. The molecule has 0 spiro atoms. The average molecular weight is 516 g/mol. The second-order valence-electron chi connectivity index (χ2n) is 7.91. The normalized spacial score (nSPS) is 10.4. The van der Waals surface area contributed by atoms with Gasteiger partial charge in [0.05, 0.1) is 24.2 Å². The first-order chi connectivity index (χ1) is 17.9. The molecule has 4 rings (SSSR count). The van der Waals surface area contributed by atoms with E-state index in [0.717, 1.165) is 0 Å². The molecule has 0 bridgehead atoms. The molecule has 0 saturated heterocycles. The van der Waals surface area contributed by atoms with Crippen molar-refractivity contribution >= 4 is 40.1 Å². The Morgan fingerprint density at radius 2 is 1.86 bits per heavy atom. The first-order valence-electron chi connectivity index (χ1n) is 11.4.